The Morgan fingerprint density at radius 3 is 2.31 bits per heavy atom. The zero-order valence-electron chi connectivity index (χ0n) is 8.62. The van der Waals surface area contributed by atoms with Crippen LogP contribution >= 0.6 is 0 Å². The van der Waals surface area contributed by atoms with Crippen LogP contribution in [-0.2, 0) is 22.1 Å². The average Bonchev–Trinajstić information content (AvgIpc) is 2.17. The normalized spacial score (nSPS) is 13.2. The minimum Gasteiger partial charge on any atom is -0.465 e. The standard InChI is InChI=1S/C11H11F3O2/c1-8(16-7-15)6-9-2-4-10(5-3-9)11(12,13)14/h2-5,7-8H,6H2,1H3. The van der Waals surface area contributed by atoms with E-state index in [1.165, 1.54) is 12.1 Å². The summed E-state index contributed by atoms with van der Waals surface area (Å²) in [6.07, 6.45) is -4.26. The summed E-state index contributed by atoms with van der Waals surface area (Å²) < 4.78 is 41.3. The minimum absolute atomic E-state index is 0.328. The monoisotopic (exact) mass is 232 g/mol. The van der Waals surface area contributed by atoms with Gasteiger partial charge in [0, 0.05) is 6.42 Å². The van der Waals surface area contributed by atoms with Crippen LogP contribution in [-0.4, -0.2) is 12.6 Å². The molecule has 0 heterocycles. The predicted octanol–water partition coefficient (Wildman–Crippen LogP) is 2.81. The topological polar surface area (TPSA) is 26.3 Å². The molecule has 5 heteroatoms. The van der Waals surface area contributed by atoms with Crippen LogP contribution in [0.25, 0.3) is 0 Å². The molecule has 88 valence electrons. The average molecular weight is 232 g/mol. The van der Waals surface area contributed by atoms with Crippen LogP contribution in [0.3, 0.4) is 0 Å². The molecular formula is C11H11F3O2. The highest BCUT2D eigenvalue weighted by atomic mass is 19.4. The van der Waals surface area contributed by atoms with Gasteiger partial charge >= 0.3 is 6.18 Å². The van der Waals surface area contributed by atoms with E-state index in [0.717, 1.165) is 12.1 Å². The number of alkyl halides is 3. The maximum Gasteiger partial charge on any atom is 0.416 e. The summed E-state index contributed by atoms with van der Waals surface area (Å²) in [6, 6.07) is 4.80. The number of rotatable bonds is 4. The lowest BCUT2D eigenvalue weighted by Crippen LogP contribution is -2.11. The highest BCUT2D eigenvalue weighted by Gasteiger charge is 2.29. The number of hydrogen-bond donors (Lipinski definition) is 0. The van der Waals surface area contributed by atoms with Gasteiger partial charge in [0.2, 0.25) is 0 Å². The molecule has 1 aromatic carbocycles. The third kappa shape index (κ3) is 3.56. The third-order valence-corrected chi connectivity index (χ3v) is 2.09. The molecule has 0 aliphatic heterocycles. The maximum absolute atomic E-state index is 12.2. The summed E-state index contributed by atoms with van der Waals surface area (Å²) in [6.45, 7) is 2.00. The second-order valence-electron chi connectivity index (χ2n) is 3.44. The zero-order valence-corrected chi connectivity index (χ0v) is 8.62. The Hall–Kier alpha value is -1.52. The van der Waals surface area contributed by atoms with Crippen molar-refractivity contribution in [3.63, 3.8) is 0 Å². The van der Waals surface area contributed by atoms with Crippen LogP contribution in [0, 0.1) is 0 Å². The van der Waals surface area contributed by atoms with E-state index < -0.39 is 11.7 Å². The second-order valence-corrected chi connectivity index (χ2v) is 3.44. The lowest BCUT2D eigenvalue weighted by Gasteiger charge is -2.10. The molecule has 0 aliphatic rings. The van der Waals surface area contributed by atoms with E-state index in [9.17, 15) is 18.0 Å². The van der Waals surface area contributed by atoms with Crippen molar-refractivity contribution in [2.45, 2.75) is 25.6 Å². The molecule has 1 unspecified atom stereocenters. The Balaban J connectivity index is 2.68. The first-order chi connectivity index (χ1) is 7.43. The van der Waals surface area contributed by atoms with Gasteiger partial charge in [-0.2, -0.15) is 13.2 Å². The van der Waals surface area contributed by atoms with Crippen LogP contribution in [0.1, 0.15) is 18.1 Å². The van der Waals surface area contributed by atoms with Crippen LogP contribution in [0.5, 0.6) is 0 Å². The van der Waals surface area contributed by atoms with Gasteiger partial charge < -0.3 is 4.74 Å². The Morgan fingerprint density at radius 1 is 1.31 bits per heavy atom. The quantitative estimate of drug-likeness (QED) is 0.746. The molecule has 0 spiro atoms. The molecule has 0 saturated carbocycles. The van der Waals surface area contributed by atoms with Crippen molar-refractivity contribution in [1.29, 1.82) is 0 Å². The Morgan fingerprint density at radius 2 is 1.88 bits per heavy atom. The van der Waals surface area contributed by atoms with Crippen LogP contribution in [0.2, 0.25) is 0 Å². The van der Waals surface area contributed by atoms with E-state index in [0.29, 0.717) is 18.5 Å². The van der Waals surface area contributed by atoms with Crippen molar-refractivity contribution in [3.05, 3.63) is 35.4 Å². The summed E-state index contributed by atoms with van der Waals surface area (Å²) in [5.74, 6) is 0. The number of ether oxygens (including phenoxy) is 1. The summed E-state index contributed by atoms with van der Waals surface area (Å²) in [7, 11) is 0. The van der Waals surface area contributed by atoms with Gasteiger partial charge in [-0.1, -0.05) is 12.1 Å². The molecule has 16 heavy (non-hydrogen) atoms. The van der Waals surface area contributed by atoms with E-state index in [1.54, 1.807) is 6.92 Å². The fourth-order valence-corrected chi connectivity index (χ4v) is 1.30. The second kappa shape index (κ2) is 5.01. The number of hydrogen-bond acceptors (Lipinski definition) is 2. The molecule has 1 rings (SSSR count). The summed E-state index contributed by atoms with van der Waals surface area (Å²) in [5.41, 5.74) is 0.0163. The van der Waals surface area contributed by atoms with Gasteiger partial charge in [0.1, 0.15) is 6.10 Å². The lowest BCUT2D eigenvalue weighted by atomic mass is 10.1. The van der Waals surface area contributed by atoms with Crippen molar-refractivity contribution < 1.29 is 22.7 Å². The molecule has 0 saturated heterocycles. The first kappa shape index (κ1) is 12.5. The highest BCUT2D eigenvalue weighted by molar-refractivity contribution is 5.37. The van der Waals surface area contributed by atoms with Gasteiger partial charge in [-0.15, -0.1) is 0 Å². The third-order valence-electron chi connectivity index (χ3n) is 2.09. The molecule has 0 aromatic heterocycles. The van der Waals surface area contributed by atoms with Crippen molar-refractivity contribution in [3.8, 4) is 0 Å². The van der Waals surface area contributed by atoms with Gasteiger partial charge in [0.25, 0.3) is 6.47 Å². The molecule has 0 radical (unpaired) electrons. The van der Waals surface area contributed by atoms with E-state index in [-0.39, 0.29) is 6.10 Å². The molecule has 2 nitrogen and oxygen atoms in total. The van der Waals surface area contributed by atoms with Crippen LogP contribution in [0.15, 0.2) is 24.3 Å². The van der Waals surface area contributed by atoms with E-state index >= 15 is 0 Å². The van der Waals surface area contributed by atoms with Gasteiger partial charge in [-0.25, -0.2) is 0 Å². The van der Waals surface area contributed by atoms with Gasteiger partial charge in [-0.05, 0) is 24.6 Å². The van der Waals surface area contributed by atoms with Crippen LogP contribution in [0.4, 0.5) is 13.2 Å². The van der Waals surface area contributed by atoms with E-state index in [1.807, 2.05) is 0 Å². The van der Waals surface area contributed by atoms with E-state index in [2.05, 4.69) is 4.74 Å². The number of carbonyl (C=O) groups is 1. The Bertz CT molecular complexity index is 343. The smallest absolute Gasteiger partial charge is 0.416 e. The van der Waals surface area contributed by atoms with Gasteiger partial charge in [0.15, 0.2) is 0 Å². The number of halogens is 3. The fraction of sp³-hybridized carbons (Fsp3) is 0.364. The predicted molar refractivity (Wildman–Crippen MR) is 51.8 cm³/mol. The Labute approximate surface area is 91.0 Å². The van der Waals surface area contributed by atoms with Crippen molar-refractivity contribution in [2.24, 2.45) is 0 Å². The molecular weight excluding hydrogens is 221 g/mol. The van der Waals surface area contributed by atoms with Gasteiger partial charge in [0.05, 0.1) is 5.56 Å². The van der Waals surface area contributed by atoms with E-state index in [4.69, 9.17) is 0 Å². The highest BCUT2D eigenvalue weighted by Crippen LogP contribution is 2.29. The summed E-state index contributed by atoms with van der Waals surface area (Å²) >= 11 is 0. The molecule has 0 amide bonds. The SMILES string of the molecule is CC(Cc1ccc(C(F)(F)F)cc1)OC=O. The first-order valence-electron chi connectivity index (χ1n) is 4.68. The number of carbonyl (C=O) groups excluding carboxylic acids is 1. The van der Waals surface area contributed by atoms with Gasteiger partial charge in [-0.3, -0.25) is 4.79 Å². The largest absolute Gasteiger partial charge is 0.465 e. The zero-order chi connectivity index (χ0) is 12.2. The summed E-state index contributed by atoms with van der Waals surface area (Å²) in [4.78, 5) is 10.0. The van der Waals surface area contributed by atoms with Crippen molar-refractivity contribution in [2.75, 3.05) is 0 Å². The molecule has 0 bridgehead atoms. The molecule has 1 atom stereocenters. The van der Waals surface area contributed by atoms with Crippen molar-refractivity contribution in [1.82, 2.24) is 0 Å². The minimum atomic E-state index is -4.32. The fourth-order valence-electron chi connectivity index (χ4n) is 1.30. The molecule has 0 aliphatic carbocycles. The number of benzene rings is 1. The first-order valence-corrected chi connectivity index (χ1v) is 4.68. The van der Waals surface area contributed by atoms with Crippen molar-refractivity contribution >= 4 is 6.47 Å². The molecule has 0 fully saturated rings. The maximum atomic E-state index is 12.2. The lowest BCUT2D eigenvalue weighted by molar-refractivity contribution is -0.137. The Kier molecular flexibility index (Phi) is 3.93. The summed E-state index contributed by atoms with van der Waals surface area (Å²) in [5, 5.41) is 0. The molecule has 0 N–H and O–H groups in total. The van der Waals surface area contributed by atoms with Crippen LogP contribution < -0.4 is 0 Å². The molecule has 1 aromatic rings.